The van der Waals surface area contributed by atoms with Crippen LogP contribution in [0.2, 0.25) is 0 Å². The van der Waals surface area contributed by atoms with E-state index < -0.39 is 0 Å². The Labute approximate surface area is 75.5 Å². The molecule has 10 heavy (non-hydrogen) atoms. The maximum atomic E-state index is 11.1. The summed E-state index contributed by atoms with van der Waals surface area (Å²) in [6.07, 6.45) is 0.822. The summed E-state index contributed by atoms with van der Waals surface area (Å²) in [5, 5.41) is 0. The molecule has 0 heterocycles. The van der Waals surface area contributed by atoms with Crippen molar-refractivity contribution in [2.45, 2.75) is 27.2 Å². The normalized spacial score (nSPS) is 11.2. The molecule has 0 aliphatic rings. The van der Waals surface area contributed by atoms with E-state index in [0.717, 1.165) is 6.42 Å². The quantitative estimate of drug-likeness (QED) is 0.440. The van der Waals surface area contributed by atoms with Crippen LogP contribution in [0.3, 0.4) is 0 Å². The van der Waals surface area contributed by atoms with Gasteiger partial charge in [0.1, 0.15) is 4.61 Å². The van der Waals surface area contributed by atoms with Gasteiger partial charge in [-0.25, -0.2) is 0 Å². The van der Waals surface area contributed by atoms with Gasteiger partial charge in [-0.3, -0.25) is 4.79 Å². The smallest absolute Gasteiger partial charge is 0.312 e. The van der Waals surface area contributed by atoms with Gasteiger partial charge >= 0.3 is 5.97 Å². The van der Waals surface area contributed by atoms with Gasteiger partial charge in [0.2, 0.25) is 0 Å². The van der Waals surface area contributed by atoms with Crippen molar-refractivity contribution >= 4 is 28.6 Å². The van der Waals surface area contributed by atoms with Gasteiger partial charge in [-0.05, 0) is 42.9 Å². The van der Waals surface area contributed by atoms with E-state index in [1.807, 2.05) is 43.4 Å². The van der Waals surface area contributed by atoms with Crippen molar-refractivity contribution in [2.75, 3.05) is 4.61 Å². The molecule has 0 rings (SSSR count). The molecule has 0 aromatic carbocycles. The van der Waals surface area contributed by atoms with Gasteiger partial charge in [0.25, 0.3) is 0 Å². The second-order valence-electron chi connectivity index (χ2n) is 2.78. The zero-order valence-corrected chi connectivity index (χ0v) is 8.77. The minimum absolute atomic E-state index is 0.107. The number of carbonyl (C=O) groups is 1. The second kappa shape index (κ2) is 4.16. The molecule has 0 aliphatic heterocycles. The molecule has 0 aromatic heterocycles. The van der Waals surface area contributed by atoms with E-state index in [1.165, 1.54) is 0 Å². The number of esters is 1. The molecule has 0 radical (unpaired) electrons. The molecule has 0 atom stereocenters. The topological polar surface area (TPSA) is 26.3 Å². The number of hydrogen-bond donors (Lipinski definition) is 0. The van der Waals surface area contributed by atoms with Gasteiger partial charge in [-0.2, -0.15) is 0 Å². The molecule has 0 unspecified atom stereocenters. The third-order valence-electron chi connectivity index (χ3n) is 1.62. The summed E-state index contributed by atoms with van der Waals surface area (Å²) >= 11 is 2.02. The molecule has 0 N–H and O–H groups in total. The van der Waals surface area contributed by atoms with Crippen LogP contribution in [0.15, 0.2) is 0 Å². The van der Waals surface area contributed by atoms with E-state index in [1.54, 1.807) is 0 Å². The molecule has 0 spiro atoms. The van der Waals surface area contributed by atoms with Crippen LogP contribution < -0.4 is 0 Å². The van der Waals surface area contributed by atoms with Crippen molar-refractivity contribution < 1.29 is 9.53 Å². The van der Waals surface area contributed by atoms with Crippen LogP contribution in [0.4, 0.5) is 0 Å². The van der Waals surface area contributed by atoms with E-state index in [9.17, 15) is 4.79 Å². The SMILES string of the molecule is CCC(C)(C)C(=O)OCI. The highest BCUT2D eigenvalue weighted by Crippen LogP contribution is 2.21. The first-order valence-electron chi connectivity index (χ1n) is 3.27. The van der Waals surface area contributed by atoms with E-state index >= 15 is 0 Å². The Morgan fingerprint density at radius 2 is 2.10 bits per heavy atom. The largest absolute Gasteiger partial charge is 0.455 e. The van der Waals surface area contributed by atoms with Crippen molar-refractivity contribution in [3.05, 3.63) is 0 Å². The highest BCUT2D eigenvalue weighted by Gasteiger charge is 2.26. The highest BCUT2D eigenvalue weighted by molar-refractivity contribution is 14.1. The summed E-state index contributed by atoms with van der Waals surface area (Å²) in [4.78, 5) is 11.1. The zero-order chi connectivity index (χ0) is 8.20. The number of alkyl halides is 1. The average Bonchev–Trinajstić information content (AvgIpc) is 1.89. The monoisotopic (exact) mass is 256 g/mol. The average molecular weight is 256 g/mol. The Balaban J connectivity index is 3.91. The van der Waals surface area contributed by atoms with E-state index in [2.05, 4.69) is 0 Å². The van der Waals surface area contributed by atoms with Gasteiger partial charge in [0.15, 0.2) is 0 Å². The predicted molar refractivity (Wildman–Crippen MR) is 49.1 cm³/mol. The molecule has 60 valence electrons. The number of carbonyl (C=O) groups excluding carboxylic acids is 1. The van der Waals surface area contributed by atoms with Crippen LogP contribution in [0.25, 0.3) is 0 Å². The number of halogens is 1. The van der Waals surface area contributed by atoms with Crippen LogP contribution in [0.1, 0.15) is 27.2 Å². The molecule has 0 fully saturated rings. The van der Waals surface area contributed by atoms with Gasteiger partial charge < -0.3 is 4.74 Å². The summed E-state index contributed by atoms with van der Waals surface area (Å²) < 4.78 is 5.29. The Bertz CT molecular complexity index is 121. The van der Waals surface area contributed by atoms with Crippen LogP contribution in [0, 0.1) is 5.41 Å². The fourth-order valence-electron chi connectivity index (χ4n) is 0.389. The van der Waals surface area contributed by atoms with E-state index in [-0.39, 0.29) is 11.4 Å². The number of hydrogen-bond acceptors (Lipinski definition) is 2. The molecule has 0 bridgehead atoms. The minimum atomic E-state index is -0.314. The van der Waals surface area contributed by atoms with Crippen LogP contribution in [-0.2, 0) is 9.53 Å². The van der Waals surface area contributed by atoms with Gasteiger partial charge in [-0.15, -0.1) is 0 Å². The standard InChI is InChI=1S/C7H13IO2/c1-4-7(2,3)6(9)10-5-8/h4-5H2,1-3H3. The summed E-state index contributed by atoms with van der Waals surface area (Å²) in [6, 6.07) is 0. The number of ether oxygens (including phenoxy) is 1. The molecule has 0 aliphatic carbocycles. The van der Waals surface area contributed by atoms with Gasteiger partial charge in [0.05, 0.1) is 5.41 Å². The van der Waals surface area contributed by atoms with Gasteiger partial charge in [0, 0.05) is 0 Å². The Kier molecular flexibility index (Phi) is 4.24. The second-order valence-corrected chi connectivity index (χ2v) is 3.40. The van der Waals surface area contributed by atoms with Crippen molar-refractivity contribution in [1.29, 1.82) is 0 Å². The minimum Gasteiger partial charge on any atom is -0.455 e. The van der Waals surface area contributed by atoms with Crippen molar-refractivity contribution in [2.24, 2.45) is 5.41 Å². The Morgan fingerprint density at radius 3 is 2.40 bits per heavy atom. The third-order valence-corrected chi connectivity index (χ3v) is 1.93. The Morgan fingerprint density at radius 1 is 1.60 bits per heavy atom. The van der Waals surface area contributed by atoms with E-state index in [0.29, 0.717) is 4.61 Å². The first-order chi connectivity index (χ1) is 4.54. The predicted octanol–water partition coefficient (Wildman–Crippen LogP) is 2.36. The summed E-state index contributed by atoms with van der Waals surface area (Å²) in [6.45, 7) is 5.76. The summed E-state index contributed by atoms with van der Waals surface area (Å²) in [5.41, 5.74) is -0.314. The zero-order valence-electron chi connectivity index (χ0n) is 6.61. The van der Waals surface area contributed by atoms with Crippen LogP contribution >= 0.6 is 22.6 Å². The molecule has 0 amide bonds. The maximum Gasteiger partial charge on any atom is 0.312 e. The first kappa shape index (κ1) is 10.2. The molecule has 2 nitrogen and oxygen atoms in total. The molecular weight excluding hydrogens is 243 g/mol. The van der Waals surface area contributed by atoms with Crippen molar-refractivity contribution in [3.63, 3.8) is 0 Å². The number of rotatable bonds is 3. The van der Waals surface area contributed by atoms with Crippen molar-refractivity contribution in [1.82, 2.24) is 0 Å². The lowest BCUT2D eigenvalue weighted by Crippen LogP contribution is -2.25. The lowest BCUT2D eigenvalue weighted by molar-refractivity contribution is -0.151. The fraction of sp³-hybridized carbons (Fsp3) is 0.857. The molecule has 0 aromatic rings. The molecule has 3 heteroatoms. The molecular formula is C7H13IO2. The fourth-order valence-corrected chi connectivity index (χ4v) is 0.672. The molecule has 0 saturated carbocycles. The van der Waals surface area contributed by atoms with Gasteiger partial charge in [-0.1, -0.05) is 6.92 Å². The summed E-state index contributed by atoms with van der Waals surface area (Å²) in [7, 11) is 0. The Hall–Kier alpha value is 0.200. The lowest BCUT2D eigenvalue weighted by atomic mass is 9.91. The van der Waals surface area contributed by atoms with Crippen molar-refractivity contribution in [3.8, 4) is 0 Å². The van der Waals surface area contributed by atoms with E-state index in [4.69, 9.17) is 4.74 Å². The highest BCUT2D eigenvalue weighted by atomic mass is 127. The molecule has 0 saturated heterocycles. The first-order valence-corrected chi connectivity index (χ1v) is 4.80. The van der Waals surface area contributed by atoms with Crippen LogP contribution in [0.5, 0.6) is 0 Å². The van der Waals surface area contributed by atoms with Crippen LogP contribution in [-0.4, -0.2) is 10.6 Å². The third kappa shape index (κ3) is 2.86. The summed E-state index contributed by atoms with van der Waals surface area (Å²) in [5.74, 6) is -0.107. The lowest BCUT2D eigenvalue weighted by Gasteiger charge is -2.18. The maximum absolute atomic E-state index is 11.1.